The predicted molar refractivity (Wildman–Crippen MR) is 124 cm³/mol. The third-order valence-electron chi connectivity index (χ3n) is 4.89. The Kier molecular flexibility index (Phi) is 8.59. The summed E-state index contributed by atoms with van der Waals surface area (Å²) in [6.45, 7) is 3.08. The van der Waals surface area contributed by atoms with Crippen LogP contribution in [-0.4, -0.2) is 6.61 Å². The molecule has 0 aromatic heterocycles. The van der Waals surface area contributed by atoms with E-state index in [4.69, 9.17) is 4.74 Å². The van der Waals surface area contributed by atoms with Crippen molar-refractivity contribution in [2.24, 2.45) is 0 Å². The summed E-state index contributed by atoms with van der Waals surface area (Å²) in [7, 11) is -0.539. The fourth-order valence-electron chi connectivity index (χ4n) is 3.37. The van der Waals surface area contributed by atoms with Gasteiger partial charge in [-0.1, -0.05) is 112 Å². The molecule has 0 fully saturated rings. The van der Waals surface area contributed by atoms with Crippen LogP contribution in [0.1, 0.15) is 45.4 Å². The number of unbranched alkanes of at least 4 members (excludes halogenated alkanes) is 5. The fourth-order valence-corrected chi connectivity index (χ4v) is 5.65. The van der Waals surface area contributed by atoms with Gasteiger partial charge in [0.25, 0.3) is 0 Å². The summed E-state index contributed by atoms with van der Waals surface area (Å²) in [6.07, 6.45) is 7.76. The first kappa shape index (κ1) is 20.6. The van der Waals surface area contributed by atoms with Crippen molar-refractivity contribution in [2.75, 3.05) is 6.61 Å². The lowest BCUT2D eigenvalue weighted by atomic mass is 10.1. The molecule has 3 rings (SSSR count). The highest BCUT2D eigenvalue weighted by atomic mass is 31.1. The molecule has 28 heavy (non-hydrogen) atoms. The largest absolute Gasteiger partial charge is 0.494 e. The highest BCUT2D eigenvalue weighted by molar-refractivity contribution is 7.79. The van der Waals surface area contributed by atoms with Crippen molar-refractivity contribution in [3.63, 3.8) is 0 Å². The van der Waals surface area contributed by atoms with E-state index in [9.17, 15) is 0 Å². The molecule has 0 spiro atoms. The topological polar surface area (TPSA) is 9.23 Å². The molecule has 0 aliphatic heterocycles. The molecular weight excluding hydrogens is 359 g/mol. The summed E-state index contributed by atoms with van der Waals surface area (Å²) in [6, 6.07) is 30.4. The van der Waals surface area contributed by atoms with Crippen molar-refractivity contribution in [1.29, 1.82) is 0 Å². The fraction of sp³-hybridized carbons (Fsp3) is 0.308. The Bertz CT molecular complexity index is 744. The molecule has 0 aliphatic carbocycles. The molecule has 0 amide bonds. The maximum atomic E-state index is 5.97. The van der Waals surface area contributed by atoms with Crippen LogP contribution in [0.2, 0.25) is 0 Å². The first-order valence-corrected chi connectivity index (χ1v) is 11.9. The smallest absolute Gasteiger partial charge is 0.119 e. The maximum Gasteiger partial charge on any atom is 0.119 e. The molecular formula is C26H31OP. The van der Waals surface area contributed by atoms with Crippen molar-refractivity contribution in [3.8, 4) is 5.75 Å². The van der Waals surface area contributed by atoms with Crippen LogP contribution in [0.25, 0.3) is 0 Å². The van der Waals surface area contributed by atoms with Gasteiger partial charge < -0.3 is 4.74 Å². The minimum Gasteiger partial charge on any atom is -0.494 e. The van der Waals surface area contributed by atoms with Gasteiger partial charge in [0.2, 0.25) is 0 Å². The second kappa shape index (κ2) is 11.7. The van der Waals surface area contributed by atoms with E-state index in [0.29, 0.717) is 0 Å². The van der Waals surface area contributed by atoms with Gasteiger partial charge in [-0.05, 0) is 42.4 Å². The van der Waals surface area contributed by atoms with Crippen LogP contribution in [0.5, 0.6) is 5.75 Å². The van der Waals surface area contributed by atoms with Gasteiger partial charge in [0.05, 0.1) is 6.61 Å². The molecule has 2 heteroatoms. The monoisotopic (exact) mass is 390 g/mol. The molecule has 0 atom stereocenters. The molecule has 0 saturated heterocycles. The first-order chi connectivity index (χ1) is 13.9. The van der Waals surface area contributed by atoms with E-state index in [2.05, 4.69) is 91.9 Å². The zero-order valence-corrected chi connectivity index (χ0v) is 17.8. The Hall–Kier alpha value is -2.11. The van der Waals surface area contributed by atoms with Gasteiger partial charge in [-0.2, -0.15) is 0 Å². The third kappa shape index (κ3) is 6.21. The van der Waals surface area contributed by atoms with Crippen molar-refractivity contribution in [1.82, 2.24) is 0 Å². The van der Waals surface area contributed by atoms with Crippen LogP contribution < -0.4 is 20.7 Å². The van der Waals surface area contributed by atoms with Crippen molar-refractivity contribution < 1.29 is 4.74 Å². The van der Waals surface area contributed by atoms with Crippen LogP contribution in [0.15, 0.2) is 84.9 Å². The summed E-state index contributed by atoms with van der Waals surface area (Å²) in [5, 5.41) is 4.12. The molecule has 0 saturated carbocycles. The Balaban J connectivity index is 1.63. The Labute approximate surface area is 171 Å². The van der Waals surface area contributed by atoms with E-state index in [1.165, 1.54) is 48.0 Å². The molecule has 3 aromatic carbocycles. The predicted octanol–water partition coefficient (Wildman–Crippen LogP) is 6.18. The molecule has 146 valence electrons. The average molecular weight is 391 g/mol. The number of benzene rings is 3. The summed E-state index contributed by atoms with van der Waals surface area (Å²) in [4.78, 5) is 0. The number of hydrogen-bond donors (Lipinski definition) is 0. The van der Waals surface area contributed by atoms with Crippen LogP contribution in [0, 0.1) is 0 Å². The van der Waals surface area contributed by atoms with Crippen LogP contribution in [0.4, 0.5) is 0 Å². The minimum absolute atomic E-state index is 0.539. The molecule has 1 nitrogen and oxygen atoms in total. The lowest BCUT2D eigenvalue weighted by Gasteiger charge is -2.19. The van der Waals surface area contributed by atoms with Gasteiger partial charge in [-0.3, -0.25) is 0 Å². The normalized spacial score (nSPS) is 10.9. The summed E-state index contributed by atoms with van der Waals surface area (Å²) >= 11 is 0. The van der Waals surface area contributed by atoms with E-state index in [0.717, 1.165) is 18.8 Å². The lowest BCUT2D eigenvalue weighted by Crippen LogP contribution is -2.20. The van der Waals surface area contributed by atoms with Gasteiger partial charge in [0.15, 0.2) is 0 Å². The molecule has 0 bridgehead atoms. The second-order valence-electron chi connectivity index (χ2n) is 7.12. The van der Waals surface area contributed by atoms with E-state index >= 15 is 0 Å². The maximum absolute atomic E-state index is 5.97. The Morgan fingerprint density at radius 1 is 0.571 bits per heavy atom. The van der Waals surface area contributed by atoms with E-state index in [1.54, 1.807) is 0 Å². The van der Waals surface area contributed by atoms with Crippen LogP contribution in [0.3, 0.4) is 0 Å². The van der Waals surface area contributed by atoms with Crippen molar-refractivity contribution >= 4 is 23.8 Å². The van der Waals surface area contributed by atoms with Crippen LogP contribution >= 0.6 is 7.92 Å². The molecule has 0 radical (unpaired) electrons. The number of ether oxygens (including phenoxy) is 1. The van der Waals surface area contributed by atoms with Gasteiger partial charge in [-0.25, -0.2) is 0 Å². The third-order valence-corrected chi connectivity index (χ3v) is 7.33. The SMILES string of the molecule is CCCCCCCCOc1ccc(P(c2ccccc2)c2ccccc2)cc1. The molecule has 0 aliphatic rings. The van der Waals surface area contributed by atoms with E-state index in [-0.39, 0.29) is 0 Å². The van der Waals surface area contributed by atoms with Crippen molar-refractivity contribution in [3.05, 3.63) is 84.9 Å². The Morgan fingerprint density at radius 2 is 1.07 bits per heavy atom. The first-order valence-electron chi connectivity index (χ1n) is 10.5. The summed E-state index contributed by atoms with van der Waals surface area (Å²) in [5.74, 6) is 0.980. The van der Waals surface area contributed by atoms with E-state index in [1.807, 2.05) is 0 Å². The van der Waals surface area contributed by atoms with Crippen LogP contribution in [-0.2, 0) is 0 Å². The second-order valence-corrected chi connectivity index (χ2v) is 9.34. The number of hydrogen-bond acceptors (Lipinski definition) is 1. The summed E-state index contributed by atoms with van der Waals surface area (Å²) in [5.41, 5.74) is 0. The molecule has 0 N–H and O–H groups in total. The van der Waals surface area contributed by atoms with Crippen molar-refractivity contribution in [2.45, 2.75) is 45.4 Å². The average Bonchev–Trinajstić information content (AvgIpc) is 2.76. The molecule has 3 aromatic rings. The highest BCUT2D eigenvalue weighted by Crippen LogP contribution is 2.33. The van der Waals surface area contributed by atoms with Gasteiger partial charge in [0, 0.05) is 0 Å². The van der Waals surface area contributed by atoms with Gasteiger partial charge in [0.1, 0.15) is 5.75 Å². The van der Waals surface area contributed by atoms with E-state index < -0.39 is 7.92 Å². The Morgan fingerprint density at radius 3 is 1.64 bits per heavy atom. The molecule has 0 unspecified atom stereocenters. The highest BCUT2D eigenvalue weighted by Gasteiger charge is 2.15. The minimum atomic E-state index is -0.539. The quantitative estimate of drug-likeness (QED) is 0.280. The zero-order chi connectivity index (χ0) is 19.4. The summed E-state index contributed by atoms with van der Waals surface area (Å²) < 4.78 is 5.97. The van der Waals surface area contributed by atoms with Gasteiger partial charge in [-0.15, -0.1) is 0 Å². The molecule has 0 heterocycles. The standard InChI is InChI=1S/C26H31OP/c1-2-3-4-5-6-13-22-27-23-18-20-26(21-19-23)28(24-14-9-7-10-15-24)25-16-11-8-12-17-25/h7-12,14-21H,2-6,13,22H2,1H3. The van der Waals surface area contributed by atoms with Gasteiger partial charge >= 0.3 is 0 Å². The lowest BCUT2D eigenvalue weighted by molar-refractivity contribution is 0.304. The zero-order valence-electron chi connectivity index (χ0n) is 16.9. The number of rotatable bonds is 11.